The Hall–Kier alpha value is -3.95. The van der Waals surface area contributed by atoms with E-state index in [9.17, 15) is 4.79 Å². The van der Waals surface area contributed by atoms with Gasteiger partial charge >= 0.3 is 0 Å². The molecule has 2 N–H and O–H groups in total. The van der Waals surface area contributed by atoms with Gasteiger partial charge in [-0.1, -0.05) is 24.6 Å². The van der Waals surface area contributed by atoms with Crippen LogP contribution in [0.4, 0.5) is 11.4 Å². The minimum absolute atomic E-state index is 0.0919. The van der Waals surface area contributed by atoms with Gasteiger partial charge in [0.2, 0.25) is 5.91 Å². The van der Waals surface area contributed by atoms with E-state index in [2.05, 4.69) is 20.6 Å². The summed E-state index contributed by atoms with van der Waals surface area (Å²) >= 11 is 12.0. The number of thiocarbonyl (C=S) groups is 1. The van der Waals surface area contributed by atoms with Crippen LogP contribution >= 0.6 is 23.8 Å². The number of amides is 1. The zero-order valence-corrected chi connectivity index (χ0v) is 21.8. The Morgan fingerprint density at radius 1 is 1.16 bits per heavy atom. The van der Waals surface area contributed by atoms with Crippen molar-refractivity contribution in [3.05, 3.63) is 95.7 Å². The smallest absolute Gasteiger partial charge is 0.224 e. The lowest BCUT2D eigenvalue weighted by Crippen LogP contribution is -2.30. The number of hydrogen-bond acceptors (Lipinski definition) is 5. The molecule has 4 aromatic rings. The van der Waals surface area contributed by atoms with Gasteiger partial charge in [-0.2, -0.15) is 0 Å². The van der Waals surface area contributed by atoms with E-state index < -0.39 is 0 Å². The van der Waals surface area contributed by atoms with E-state index in [1.807, 2.05) is 76.3 Å². The molecule has 1 fully saturated rings. The van der Waals surface area contributed by atoms with Gasteiger partial charge in [0, 0.05) is 42.5 Å². The summed E-state index contributed by atoms with van der Waals surface area (Å²) in [6.45, 7) is 1.80. The zero-order chi connectivity index (χ0) is 25.9. The number of nitrogens with zero attached hydrogens (tertiary/aromatic N) is 4. The molecule has 1 aromatic carbocycles. The van der Waals surface area contributed by atoms with Crippen molar-refractivity contribution < 1.29 is 9.53 Å². The summed E-state index contributed by atoms with van der Waals surface area (Å²) in [6.07, 6.45) is 5.73. The average molecular weight is 533 g/mol. The molecule has 4 heterocycles. The molecule has 0 bridgehead atoms. The summed E-state index contributed by atoms with van der Waals surface area (Å²) < 4.78 is 7.64. The first-order valence-electron chi connectivity index (χ1n) is 11.8. The first-order valence-corrected chi connectivity index (χ1v) is 12.6. The number of anilines is 2. The van der Waals surface area contributed by atoms with Gasteiger partial charge in [-0.25, -0.2) is 4.98 Å². The summed E-state index contributed by atoms with van der Waals surface area (Å²) in [4.78, 5) is 23.2. The molecular formula is C27H25ClN6O2S. The molecule has 1 aliphatic heterocycles. The Bertz CT molecular complexity index is 1430. The number of aromatic nitrogens is 3. The second kappa shape index (κ2) is 10.6. The maximum Gasteiger partial charge on any atom is 0.224 e. The molecule has 0 radical (unpaired) electrons. The average Bonchev–Trinajstić information content (AvgIpc) is 3.54. The molecule has 1 amide bonds. The van der Waals surface area contributed by atoms with Gasteiger partial charge in [-0.05, 0) is 60.7 Å². The highest BCUT2D eigenvalue weighted by molar-refractivity contribution is 7.80. The fourth-order valence-corrected chi connectivity index (χ4v) is 4.92. The lowest BCUT2D eigenvalue weighted by atomic mass is 10.0. The van der Waals surface area contributed by atoms with E-state index >= 15 is 0 Å². The molecule has 37 heavy (non-hydrogen) atoms. The Balaban J connectivity index is 1.62. The Kier molecular flexibility index (Phi) is 7.07. The molecule has 2 atom stereocenters. The number of benzene rings is 1. The van der Waals surface area contributed by atoms with Gasteiger partial charge in [0.25, 0.3) is 0 Å². The Morgan fingerprint density at radius 3 is 2.73 bits per heavy atom. The standard InChI is InChI=1S/C27H25ClN6O2S/c1-3-24(35)31-19-11-10-18(15-22(19)36-2)34-26(25(32-27(34)37)20-7-4-5-13-29-20)21-8-6-14-33(21)23-12-9-17(28)16-30-23/h4-16,25-26H,3H2,1-2H3,(H,31,35)(H,32,37). The van der Waals surface area contributed by atoms with E-state index in [0.717, 1.165) is 22.9 Å². The fraction of sp³-hybridized carbons (Fsp3) is 0.185. The first kappa shape index (κ1) is 24.7. The predicted molar refractivity (Wildman–Crippen MR) is 148 cm³/mol. The van der Waals surface area contributed by atoms with E-state index in [1.54, 1.807) is 26.4 Å². The summed E-state index contributed by atoms with van der Waals surface area (Å²) in [5, 5.41) is 7.46. The number of ether oxygens (including phenoxy) is 1. The van der Waals surface area contributed by atoms with Gasteiger partial charge in [0.15, 0.2) is 5.11 Å². The van der Waals surface area contributed by atoms with Gasteiger partial charge < -0.3 is 24.8 Å². The Labute approximate surface area is 225 Å². The van der Waals surface area contributed by atoms with Crippen molar-refractivity contribution in [3.63, 3.8) is 0 Å². The maximum absolute atomic E-state index is 12.0. The van der Waals surface area contributed by atoms with Crippen molar-refractivity contribution >= 4 is 46.2 Å². The number of rotatable bonds is 7. The molecule has 1 saturated heterocycles. The largest absolute Gasteiger partial charge is 0.494 e. The third kappa shape index (κ3) is 4.87. The van der Waals surface area contributed by atoms with Crippen molar-refractivity contribution in [2.24, 2.45) is 0 Å². The van der Waals surface area contributed by atoms with Crippen molar-refractivity contribution in [2.45, 2.75) is 25.4 Å². The second-order valence-electron chi connectivity index (χ2n) is 8.42. The topological polar surface area (TPSA) is 84.3 Å². The molecule has 2 unspecified atom stereocenters. The third-order valence-corrected chi connectivity index (χ3v) is 6.74. The van der Waals surface area contributed by atoms with Crippen molar-refractivity contribution in [2.75, 3.05) is 17.3 Å². The quantitative estimate of drug-likeness (QED) is 0.306. The lowest BCUT2D eigenvalue weighted by molar-refractivity contribution is -0.115. The molecule has 3 aromatic heterocycles. The minimum Gasteiger partial charge on any atom is -0.494 e. The monoisotopic (exact) mass is 532 g/mol. The van der Waals surface area contributed by atoms with Crippen LogP contribution in [0.5, 0.6) is 5.75 Å². The number of nitrogens with one attached hydrogen (secondary N) is 2. The minimum atomic E-state index is -0.268. The number of pyridine rings is 2. The molecule has 10 heteroatoms. The second-order valence-corrected chi connectivity index (χ2v) is 9.24. The third-order valence-electron chi connectivity index (χ3n) is 6.20. The number of hydrogen-bond donors (Lipinski definition) is 2. The van der Waals surface area contributed by atoms with Gasteiger partial charge in [-0.3, -0.25) is 9.78 Å². The van der Waals surface area contributed by atoms with Crippen LogP contribution in [-0.4, -0.2) is 32.7 Å². The highest BCUT2D eigenvalue weighted by atomic mass is 35.5. The molecule has 188 valence electrons. The molecule has 8 nitrogen and oxygen atoms in total. The first-order chi connectivity index (χ1) is 18.0. The SMILES string of the molecule is CCC(=O)Nc1ccc(N2C(=S)NC(c3ccccn3)C2c2cccn2-c2ccc(Cl)cn2)cc1OC. The van der Waals surface area contributed by atoms with Crippen LogP contribution in [0.2, 0.25) is 5.02 Å². The highest BCUT2D eigenvalue weighted by Gasteiger charge is 2.42. The summed E-state index contributed by atoms with van der Waals surface area (Å²) in [5.41, 5.74) is 3.22. The van der Waals surface area contributed by atoms with Crippen molar-refractivity contribution in [3.8, 4) is 11.6 Å². The summed E-state index contributed by atoms with van der Waals surface area (Å²) in [7, 11) is 1.58. The summed E-state index contributed by atoms with van der Waals surface area (Å²) in [6, 6.07) is 18.7. The van der Waals surface area contributed by atoms with E-state index in [0.29, 0.717) is 28.0 Å². The highest BCUT2D eigenvalue weighted by Crippen LogP contribution is 2.43. The van der Waals surface area contributed by atoms with Gasteiger partial charge in [-0.15, -0.1) is 0 Å². The van der Waals surface area contributed by atoms with Crippen LogP contribution in [0.15, 0.2) is 79.3 Å². The number of halogens is 1. The lowest BCUT2D eigenvalue weighted by Gasteiger charge is -2.29. The molecule has 5 rings (SSSR count). The van der Waals surface area contributed by atoms with Crippen molar-refractivity contribution in [1.82, 2.24) is 19.9 Å². The normalized spacial score (nSPS) is 16.9. The molecule has 0 aliphatic carbocycles. The van der Waals surface area contributed by atoms with Crippen LogP contribution in [-0.2, 0) is 4.79 Å². The molecule has 0 saturated carbocycles. The van der Waals surface area contributed by atoms with Gasteiger partial charge in [0.1, 0.15) is 17.6 Å². The van der Waals surface area contributed by atoms with Gasteiger partial charge in [0.05, 0.1) is 29.6 Å². The number of methoxy groups -OCH3 is 1. The van der Waals surface area contributed by atoms with E-state index in [-0.39, 0.29) is 18.0 Å². The number of carbonyl (C=O) groups is 1. The fourth-order valence-electron chi connectivity index (χ4n) is 4.46. The molecule has 1 aliphatic rings. The Morgan fingerprint density at radius 2 is 2.03 bits per heavy atom. The molecule has 0 spiro atoms. The van der Waals surface area contributed by atoms with Crippen molar-refractivity contribution in [1.29, 1.82) is 0 Å². The summed E-state index contributed by atoms with van der Waals surface area (Å²) in [5.74, 6) is 1.18. The van der Waals surface area contributed by atoms with Crippen LogP contribution in [0.25, 0.3) is 5.82 Å². The maximum atomic E-state index is 12.0. The van der Waals surface area contributed by atoms with Crippen LogP contribution in [0.1, 0.15) is 36.8 Å². The number of carbonyl (C=O) groups excluding carboxylic acids is 1. The van der Waals surface area contributed by atoms with Crippen LogP contribution in [0.3, 0.4) is 0 Å². The van der Waals surface area contributed by atoms with Crippen LogP contribution < -0.4 is 20.3 Å². The van der Waals surface area contributed by atoms with E-state index in [4.69, 9.17) is 28.6 Å². The zero-order valence-electron chi connectivity index (χ0n) is 20.3. The van der Waals surface area contributed by atoms with E-state index in [1.165, 1.54) is 0 Å². The van der Waals surface area contributed by atoms with Crippen LogP contribution in [0, 0.1) is 0 Å². The predicted octanol–water partition coefficient (Wildman–Crippen LogP) is 5.45. The molecular weight excluding hydrogens is 508 g/mol.